The van der Waals surface area contributed by atoms with E-state index in [2.05, 4.69) is 36.2 Å². The molecule has 11 heteroatoms. The lowest BCUT2D eigenvalue weighted by molar-refractivity contribution is 0.0992. The highest BCUT2D eigenvalue weighted by Crippen LogP contribution is 2.02. The van der Waals surface area contributed by atoms with Crippen molar-refractivity contribution in [3.63, 3.8) is 0 Å². The Hall–Kier alpha value is -3.63. The van der Waals surface area contributed by atoms with Gasteiger partial charge < -0.3 is 0 Å². The first kappa shape index (κ1) is 13.4. The molecule has 0 fully saturated rings. The van der Waals surface area contributed by atoms with E-state index in [-0.39, 0.29) is 11.3 Å². The van der Waals surface area contributed by atoms with Gasteiger partial charge in [-0.05, 0) is 12.1 Å². The Morgan fingerprint density at radius 1 is 0.818 bits per heavy atom. The van der Waals surface area contributed by atoms with Gasteiger partial charge >= 0.3 is 0 Å². The second kappa shape index (κ2) is 5.78. The Bertz CT molecular complexity index is 697. The summed E-state index contributed by atoms with van der Waals surface area (Å²) in [5.41, 5.74) is 5.44. The minimum atomic E-state index is -0.453. The van der Waals surface area contributed by atoms with Crippen LogP contribution in [0.2, 0.25) is 0 Å². The maximum absolute atomic E-state index is 11.9. The number of hydrogen-bond donors (Lipinski definition) is 2. The Balaban J connectivity index is 1.67. The molecular formula is C11H9N9O2. The summed E-state index contributed by atoms with van der Waals surface area (Å²) >= 11 is 0. The molecule has 3 aromatic rings. The van der Waals surface area contributed by atoms with Crippen molar-refractivity contribution in [2.75, 3.05) is 10.9 Å². The summed E-state index contributed by atoms with van der Waals surface area (Å²) < 4.78 is 2.59. The molecule has 11 nitrogen and oxygen atoms in total. The number of rotatable bonds is 4. The molecule has 2 amide bonds. The highest BCUT2D eigenvalue weighted by atomic mass is 16.2. The zero-order chi connectivity index (χ0) is 15.4. The van der Waals surface area contributed by atoms with Gasteiger partial charge in [0.2, 0.25) is 0 Å². The van der Waals surface area contributed by atoms with E-state index in [1.807, 2.05) is 0 Å². The Labute approximate surface area is 123 Å². The van der Waals surface area contributed by atoms with Crippen molar-refractivity contribution in [3.05, 3.63) is 54.9 Å². The maximum Gasteiger partial charge on any atom is 0.288 e. The van der Waals surface area contributed by atoms with Crippen LogP contribution in [0.3, 0.4) is 0 Å². The summed E-state index contributed by atoms with van der Waals surface area (Å²) in [5, 5.41) is 14.2. The first-order valence-corrected chi connectivity index (χ1v) is 6.00. The van der Waals surface area contributed by atoms with Crippen LogP contribution in [0.15, 0.2) is 43.6 Å². The molecule has 0 unspecified atom stereocenters. The number of carbonyl (C=O) groups excluding carboxylic acids is 2. The zero-order valence-corrected chi connectivity index (χ0v) is 11.0. The van der Waals surface area contributed by atoms with Crippen molar-refractivity contribution in [1.29, 1.82) is 0 Å². The molecule has 2 N–H and O–H groups in total. The van der Waals surface area contributed by atoms with E-state index in [1.165, 1.54) is 53.0 Å². The number of pyridine rings is 1. The van der Waals surface area contributed by atoms with Gasteiger partial charge in [-0.3, -0.25) is 25.4 Å². The predicted octanol–water partition coefficient (Wildman–Crippen LogP) is -0.968. The molecule has 3 rings (SSSR count). The van der Waals surface area contributed by atoms with Crippen molar-refractivity contribution in [2.45, 2.75) is 0 Å². The lowest BCUT2D eigenvalue weighted by Crippen LogP contribution is -2.24. The van der Waals surface area contributed by atoms with Gasteiger partial charge in [-0.2, -0.15) is 0 Å². The number of aromatic nitrogens is 7. The van der Waals surface area contributed by atoms with Crippen molar-refractivity contribution >= 4 is 11.8 Å². The largest absolute Gasteiger partial charge is 0.288 e. The third kappa shape index (κ3) is 2.92. The van der Waals surface area contributed by atoms with Gasteiger partial charge in [0.05, 0.1) is 5.56 Å². The van der Waals surface area contributed by atoms with Crippen LogP contribution < -0.4 is 10.9 Å². The van der Waals surface area contributed by atoms with E-state index < -0.39 is 11.8 Å². The standard InChI is InChI=1S/C11H9N9O2/c21-10(17-19-4-13-14-5-19)8-1-2-9(12-3-8)11(22)18-20-6-15-16-7-20/h1-7H,(H,17,21)(H,18,22). The fraction of sp³-hybridized carbons (Fsp3) is 0. The Kier molecular flexibility index (Phi) is 3.51. The van der Waals surface area contributed by atoms with Gasteiger partial charge in [-0.1, -0.05) is 0 Å². The highest BCUT2D eigenvalue weighted by molar-refractivity contribution is 6.01. The molecule has 0 aliphatic carbocycles. The second-order valence-electron chi connectivity index (χ2n) is 4.05. The van der Waals surface area contributed by atoms with E-state index in [9.17, 15) is 9.59 Å². The number of nitrogens with one attached hydrogen (secondary N) is 2. The minimum Gasteiger partial charge on any atom is -0.267 e. The highest BCUT2D eigenvalue weighted by Gasteiger charge is 2.11. The first-order chi connectivity index (χ1) is 10.7. The summed E-state index contributed by atoms with van der Waals surface area (Å²) in [6.45, 7) is 0. The topological polar surface area (TPSA) is 133 Å². The fourth-order valence-corrected chi connectivity index (χ4v) is 1.54. The third-order valence-electron chi connectivity index (χ3n) is 2.56. The van der Waals surface area contributed by atoms with E-state index in [0.717, 1.165) is 0 Å². The van der Waals surface area contributed by atoms with Crippen molar-refractivity contribution < 1.29 is 9.59 Å². The van der Waals surface area contributed by atoms with E-state index in [0.29, 0.717) is 0 Å². The molecule has 0 saturated carbocycles. The lowest BCUT2D eigenvalue weighted by Gasteiger charge is -2.06. The van der Waals surface area contributed by atoms with Gasteiger partial charge in [0.1, 0.15) is 31.0 Å². The molecular weight excluding hydrogens is 290 g/mol. The van der Waals surface area contributed by atoms with Crippen LogP contribution in [0, 0.1) is 0 Å². The normalized spacial score (nSPS) is 10.2. The monoisotopic (exact) mass is 299 g/mol. The van der Waals surface area contributed by atoms with Crippen molar-refractivity contribution in [3.8, 4) is 0 Å². The molecule has 3 aromatic heterocycles. The van der Waals surface area contributed by atoms with Crippen LogP contribution in [0.4, 0.5) is 0 Å². The number of nitrogens with zero attached hydrogens (tertiary/aromatic N) is 7. The Morgan fingerprint density at radius 2 is 1.36 bits per heavy atom. The van der Waals surface area contributed by atoms with Crippen LogP contribution in [0.5, 0.6) is 0 Å². The lowest BCUT2D eigenvalue weighted by atomic mass is 10.2. The molecule has 0 aliphatic heterocycles. The quantitative estimate of drug-likeness (QED) is 0.633. The number of hydrogen-bond acceptors (Lipinski definition) is 7. The van der Waals surface area contributed by atoms with Gasteiger partial charge in [-0.25, -0.2) is 9.35 Å². The molecule has 22 heavy (non-hydrogen) atoms. The number of carbonyl (C=O) groups is 2. The summed E-state index contributed by atoms with van der Waals surface area (Å²) in [6, 6.07) is 2.91. The molecule has 3 heterocycles. The molecule has 0 atom stereocenters. The molecule has 0 radical (unpaired) electrons. The molecule has 0 spiro atoms. The SMILES string of the molecule is O=C(Nn1cnnc1)c1ccc(C(=O)Nn2cnnc2)nc1. The van der Waals surface area contributed by atoms with Gasteiger partial charge in [-0.15, -0.1) is 20.4 Å². The Morgan fingerprint density at radius 3 is 1.86 bits per heavy atom. The number of amides is 2. The average molecular weight is 299 g/mol. The molecule has 0 aromatic carbocycles. The van der Waals surface area contributed by atoms with E-state index >= 15 is 0 Å². The zero-order valence-electron chi connectivity index (χ0n) is 11.0. The first-order valence-electron chi connectivity index (χ1n) is 6.00. The van der Waals surface area contributed by atoms with E-state index in [4.69, 9.17) is 0 Å². The van der Waals surface area contributed by atoms with Gasteiger partial charge in [0.25, 0.3) is 11.8 Å². The average Bonchev–Trinajstić information content (AvgIpc) is 3.21. The van der Waals surface area contributed by atoms with Gasteiger partial charge in [0.15, 0.2) is 0 Å². The van der Waals surface area contributed by atoms with Gasteiger partial charge in [0, 0.05) is 6.20 Å². The van der Waals surface area contributed by atoms with Crippen LogP contribution in [-0.2, 0) is 0 Å². The molecule has 0 saturated heterocycles. The van der Waals surface area contributed by atoms with Crippen LogP contribution >= 0.6 is 0 Å². The summed E-state index contributed by atoms with van der Waals surface area (Å²) in [5.74, 6) is -0.858. The van der Waals surface area contributed by atoms with Crippen LogP contribution in [-0.4, -0.2) is 46.5 Å². The molecule has 0 aliphatic rings. The fourth-order valence-electron chi connectivity index (χ4n) is 1.54. The third-order valence-corrected chi connectivity index (χ3v) is 2.56. The maximum atomic E-state index is 11.9. The summed E-state index contributed by atoms with van der Waals surface area (Å²) in [4.78, 5) is 27.7. The molecule has 110 valence electrons. The smallest absolute Gasteiger partial charge is 0.267 e. The summed E-state index contributed by atoms with van der Waals surface area (Å²) in [7, 11) is 0. The second-order valence-corrected chi connectivity index (χ2v) is 4.05. The van der Waals surface area contributed by atoms with E-state index in [1.54, 1.807) is 0 Å². The predicted molar refractivity (Wildman–Crippen MR) is 71.7 cm³/mol. The van der Waals surface area contributed by atoms with Crippen LogP contribution in [0.25, 0.3) is 0 Å². The van der Waals surface area contributed by atoms with Crippen molar-refractivity contribution in [2.24, 2.45) is 0 Å². The molecule has 0 bridgehead atoms. The van der Waals surface area contributed by atoms with Crippen molar-refractivity contribution in [1.82, 2.24) is 34.7 Å². The van der Waals surface area contributed by atoms with Crippen LogP contribution in [0.1, 0.15) is 20.8 Å². The summed E-state index contributed by atoms with van der Waals surface area (Å²) in [6.07, 6.45) is 6.64. The minimum absolute atomic E-state index is 0.148.